The fourth-order valence-electron chi connectivity index (χ4n) is 1.86. The van der Waals surface area contributed by atoms with Crippen LogP contribution in [0.3, 0.4) is 0 Å². The maximum Gasteiger partial charge on any atom is 0.305 e. The number of hydrogen-bond acceptors (Lipinski definition) is 3. The molecular formula is C12H19N3O3. The second-order valence-corrected chi connectivity index (χ2v) is 5.29. The van der Waals surface area contributed by atoms with E-state index in [0.717, 1.165) is 11.3 Å². The number of carbonyl (C=O) groups excluding carboxylic acids is 1. The first-order chi connectivity index (χ1) is 8.25. The van der Waals surface area contributed by atoms with Crippen LogP contribution in [0.4, 0.5) is 0 Å². The maximum atomic E-state index is 10.8. The minimum absolute atomic E-state index is 0.159. The summed E-state index contributed by atoms with van der Waals surface area (Å²) in [5.74, 6) is -0.960. The van der Waals surface area contributed by atoms with E-state index in [1.807, 2.05) is 20.8 Å². The molecule has 2 N–H and O–H groups in total. The molecule has 1 heterocycles. The third kappa shape index (κ3) is 3.32. The minimum Gasteiger partial charge on any atom is -0.481 e. The van der Waals surface area contributed by atoms with Crippen LogP contribution in [0.15, 0.2) is 6.20 Å². The van der Waals surface area contributed by atoms with Gasteiger partial charge in [0.2, 0.25) is 6.41 Å². The number of rotatable bonds is 5. The summed E-state index contributed by atoms with van der Waals surface area (Å²) in [5.41, 5.74) is 1.34. The normalized spacial score (nSPS) is 13.1. The Bertz CT molecular complexity index is 446. The smallest absolute Gasteiger partial charge is 0.305 e. The number of hydrogen-bond donors (Lipinski definition) is 2. The number of carboxylic acid groups (broad SMARTS) is 1. The average Bonchev–Trinajstić information content (AvgIpc) is 2.58. The van der Waals surface area contributed by atoms with Crippen molar-refractivity contribution in [2.75, 3.05) is 0 Å². The van der Waals surface area contributed by atoms with Crippen LogP contribution in [0.5, 0.6) is 0 Å². The van der Waals surface area contributed by atoms with Gasteiger partial charge >= 0.3 is 5.97 Å². The molecule has 6 heteroatoms. The molecule has 18 heavy (non-hydrogen) atoms. The van der Waals surface area contributed by atoms with E-state index in [2.05, 4.69) is 10.4 Å². The van der Waals surface area contributed by atoms with Crippen LogP contribution in [-0.2, 0) is 22.1 Å². The van der Waals surface area contributed by atoms with Crippen molar-refractivity contribution in [1.82, 2.24) is 15.1 Å². The van der Waals surface area contributed by atoms with Gasteiger partial charge in [0.1, 0.15) is 0 Å². The highest BCUT2D eigenvalue weighted by Crippen LogP contribution is 2.29. The summed E-state index contributed by atoms with van der Waals surface area (Å²) in [6.07, 6.45) is 2.12. The molecule has 0 saturated carbocycles. The van der Waals surface area contributed by atoms with Crippen molar-refractivity contribution in [3.63, 3.8) is 0 Å². The monoisotopic (exact) mass is 253 g/mol. The summed E-state index contributed by atoms with van der Waals surface area (Å²) in [4.78, 5) is 21.4. The standard InChI is InChI=1S/C12H19N3O3/c1-12(2,3)11-8(6-15(4)14-11)9(13-7-16)5-10(17)18/h6-7,9H,5H2,1-4H3,(H,13,16)(H,17,18)/t9-/m0/s1. The molecule has 0 spiro atoms. The number of aromatic nitrogens is 2. The van der Waals surface area contributed by atoms with Crippen molar-refractivity contribution < 1.29 is 14.7 Å². The topological polar surface area (TPSA) is 84.2 Å². The van der Waals surface area contributed by atoms with Crippen LogP contribution in [0.25, 0.3) is 0 Å². The minimum atomic E-state index is -0.960. The van der Waals surface area contributed by atoms with Crippen molar-refractivity contribution in [2.24, 2.45) is 7.05 Å². The molecule has 1 aromatic heterocycles. The molecule has 100 valence electrons. The molecular weight excluding hydrogens is 234 g/mol. The van der Waals surface area contributed by atoms with E-state index in [9.17, 15) is 9.59 Å². The first kappa shape index (κ1) is 14.2. The number of carboxylic acids is 1. The molecule has 0 radical (unpaired) electrons. The third-order valence-electron chi connectivity index (χ3n) is 2.59. The fraction of sp³-hybridized carbons (Fsp3) is 0.583. The average molecular weight is 253 g/mol. The lowest BCUT2D eigenvalue weighted by Crippen LogP contribution is -2.25. The van der Waals surface area contributed by atoms with Gasteiger partial charge in [-0.2, -0.15) is 5.10 Å². The lowest BCUT2D eigenvalue weighted by Gasteiger charge is -2.21. The quantitative estimate of drug-likeness (QED) is 0.766. The summed E-state index contributed by atoms with van der Waals surface area (Å²) in [5, 5.41) is 15.8. The Morgan fingerprint density at radius 3 is 2.67 bits per heavy atom. The van der Waals surface area contributed by atoms with Crippen LogP contribution in [0, 0.1) is 0 Å². The Kier molecular flexibility index (Phi) is 4.11. The lowest BCUT2D eigenvalue weighted by molar-refractivity contribution is -0.137. The van der Waals surface area contributed by atoms with Gasteiger partial charge in [-0.15, -0.1) is 0 Å². The Labute approximate surface area is 106 Å². The predicted molar refractivity (Wildman–Crippen MR) is 66.1 cm³/mol. The predicted octanol–water partition coefficient (Wildman–Crippen LogP) is 0.979. The molecule has 0 fully saturated rings. The summed E-state index contributed by atoms with van der Waals surface area (Å²) >= 11 is 0. The van der Waals surface area contributed by atoms with E-state index in [1.54, 1.807) is 17.9 Å². The number of aryl methyl sites for hydroxylation is 1. The molecule has 0 aliphatic rings. The Morgan fingerprint density at radius 2 is 2.22 bits per heavy atom. The SMILES string of the molecule is Cn1cc([C@H](CC(=O)O)NC=O)c(C(C)(C)C)n1. The van der Waals surface area contributed by atoms with Crippen LogP contribution < -0.4 is 5.32 Å². The summed E-state index contributed by atoms with van der Waals surface area (Å²) < 4.78 is 1.64. The highest BCUT2D eigenvalue weighted by molar-refractivity contribution is 5.68. The number of nitrogens with one attached hydrogen (secondary N) is 1. The molecule has 1 aromatic rings. The van der Waals surface area contributed by atoms with Crippen molar-refractivity contribution in [2.45, 2.75) is 38.6 Å². The van der Waals surface area contributed by atoms with Crippen LogP contribution in [0.2, 0.25) is 0 Å². The molecule has 0 unspecified atom stereocenters. The molecule has 1 atom stereocenters. The van der Waals surface area contributed by atoms with Gasteiger partial charge in [0.25, 0.3) is 0 Å². The molecule has 1 rings (SSSR count). The van der Waals surface area contributed by atoms with Crippen LogP contribution >= 0.6 is 0 Å². The highest BCUT2D eigenvalue weighted by atomic mass is 16.4. The van der Waals surface area contributed by atoms with Crippen LogP contribution in [0.1, 0.15) is 44.5 Å². The highest BCUT2D eigenvalue weighted by Gasteiger charge is 2.27. The number of carbonyl (C=O) groups is 2. The van der Waals surface area contributed by atoms with Crippen molar-refractivity contribution >= 4 is 12.4 Å². The van der Waals surface area contributed by atoms with Gasteiger partial charge in [0.05, 0.1) is 18.2 Å². The third-order valence-corrected chi connectivity index (χ3v) is 2.59. The second kappa shape index (κ2) is 5.20. The van der Waals surface area contributed by atoms with Gasteiger partial charge in [-0.25, -0.2) is 0 Å². The molecule has 0 aliphatic heterocycles. The molecule has 0 aromatic carbocycles. The van der Waals surface area contributed by atoms with E-state index in [4.69, 9.17) is 5.11 Å². The van der Waals surface area contributed by atoms with Crippen molar-refractivity contribution in [3.05, 3.63) is 17.5 Å². The van der Waals surface area contributed by atoms with E-state index < -0.39 is 12.0 Å². The van der Waals surface area contributed by atoms with E-state index >= 15 is 0 Å². The first-order valence-corrected chi connectivity index (χ1v) is 5.71. The van der Waals surface area contributed by atoms with Crippen molar-refractivity contribution in [1.29, 1.82) is 0 Å². The summed E-state index contributed by atoms with van der Waals surface area (Å²) in [6, 6.07) is -0.553. The number of nitrogens with zero attached hydrogens (tertiary/aromatic N) is 2. The van der Waals surface area contributed by atoms with Gasteiger partial charge in [0, 0.05) is 24.2 Å². The van der Waals surface area contributed by atoms with Gasteiger partial charge in [0.15, 0.2) is 0 Å². The Hall–Kier alpha value is -1.85. The van der Waals surface area contributed by atoms with Gasteiger partial charge in [-0.05, 0) is 0 Å². The molecule has 1 amide bonds. The molecule has 6 nitrogen and oxygen atoms in total. The van der Waals surface area contributed by atoms with E-state index in [1.165, 1.54) is 0 Å². The van der Waals surface area contributed by atoms with Gasteiger partial charge < -0.3 is 10.4 Å². The zero-order valence-electron chi connectivity index (χ0n) is 11.1. The van der Waals surface area contributed by atoms with Crippen LogP contribution in [-0.4, -0.2) is 27.3 Å². The molecule has 0 saturated heterocycles. The Morgan fingerprint density at radius 1 is 1.61 bits per heavy atom. The molecule has 0 bridgehead atoms. The molecule has 0 aliphatic carbocycles. The zero-order valence-corrected chi connectivity index (χ0v) is 11.1. The Balaban J connectivity index is 3.18. The summed E-state index contributed by atoms with van der Waals surface area (Å²) in [6.45, 7) is 5.99. The van der Waals surface area contributed by atoms with Crippen molar-refractivity contribution in [3.8, 4) is 0 Å². The summed E-state index contributed by atoms with van der Waals surface area (Å²) in [7, 11) is 1.78. The first-order valence-electron chi connectivity index (χ1n) is 5.71. The van der Waals surface area contributed by atoms with Gasteiger partial charge in [-0.3, -0.25) is 14.3 Å². The second-order valence-electron chi connectivity index (χ2n) is 5.29. The zero-order chi connectivity index (χ0) is 13.9. The number of amides is 1. The van der Waals surface area contributed by atoms with Gasteiger partial charge in [-0.1, -0.05) is 20.8 Å². The number of aliphatic carboxylic acids is 1. The lowest BCUT2D eigenvalue weighted by atomic mass is 9.87. The maximum absolute atomic E-state index is 10.8. The largest absolute Gasteiger partial charge is 0.481 e. The van der Waals surface area contributed by atoms with E-state index in [0.29, 0.717) is 6.41 Å². The fourth-order valence-corrected chi connectivity index (χ4v) is 1.86. The van der Waals surface area contributed by atoms with E-state index in [-0.39, 0.29) is 11.8 Å².